The normalized spacial score (nSPS) is 25.9. The predicted octanol–water partition coefficient (Wildman–Crippen LogP) is 2.07. The van der Waals surface area contributed by atoms with Crippen LogP contribution in [0.1, 0.15) is 30.9 Å². The average molecular weight is 404 g/mol. The highest BCUT2D eigenvalue weighted by Gasteiger charge is 2.37. The molecule has 3 aliphatic rings. The van der Waals surface area contributed by atoms with E-state index in [9.17, 15) is 0 Å². The van der Waals surface area contributed by atoms with Crippen LogP contribution in [0.2, 0.25) is 5.02 Å². The summed E-state index contributed by atoms with van der Waals surface area (Å²) in [7, 11) is 1.72. The first-order valence-electron chi connectivity index (χ1n) is 9.55. The molecule has 0 aromatic heterocycles. The second kappa shape index (κ2) is 7.66. The zero-order chi connectivity index (χ0) is 19.7. The van der Waals surface area contributed by atoms with Crippen LogP contribution in [0.3, 0.4) is 0 Å². The van der Waals surface area contributed by atoms with Crippen molar-refractivity contribution in [2.75, 3.05) is 33.4 Å². The monoisotopic (exact) mass is 403 g/mol. The van der Waals surface area contributed by atoms with Gasteiger partial charge in [0.25, 0.3) is 0 Å². The minimum absolute atomic E-state index is 0.493. The van der Waals surface area contributed by atoms with Crippen molar-refractivity contribution in [1.82, 2.24) is 16.0 Å². The molecule has 1 aromatic rings. The summed E-state index contributed by atoms with van der Waals surface area (Å²) in [6.45, 7) is 4.71. The van der Waals surface area contributed by atoms with Crippen LogP contribution in [-0.2, 0) is 5.79 Å². The Labute approximate surface area is 170 Å². The highest BCUT2D eigenvalue weighted by Crippen LogP contribution is 2.47. The Balaban J connectivity index is 1.88. The first-order valence-corrected chi connectivity index (χ1v) is 9.92. The van der Waals surface area contributed by atoms with Crippen molar-refractivity contribution >= 4 is 23.0 Å². The van der Waals surface area contributed by atoms with Crippen molar-refractivity contribution in [2.24, 2.45) is 10.7 Å². The van der Waals surface area contributed by atoms with E-state index >= 15 is 0 Å². The molecule has 1 atom stereocenters. The van der Waals surface area contributed by atoms with E-state index in [0.717, 1.165) is 42.8 Å². The van der Waals surface area contributed by atoms with Gasteiger partial charge in [0.2, 0.25) is 0 Å². The van der Waals surface area contributed by atoms with Crippen molar-refractivity contribution in [3.8, 4) is 11.5 Å². The maximum atomic E-state index is 6.98. The third kappa shape index (κ3) is 3.45. The average Bonchev–Trinajstić information content (AvgIpc) is 2.96. The van der Waals surface area contributed by atoms with Crippen LogP contribution in [0.15, 0.2) is 28.9 Å². The van der Waals surface area contributed by atoms with Crippen molar-refractivity contribution in [1.29, 1.82) is 0 Å². The Hall–Kier alpha value is -2.22. The molecule has 0 spiro atoms. The Kier molecular flexibility index (Phi) is 5.23. The lowest BCUT2D eigenvalue weighted by molar-refractivity contribution is 0.170. The fourth-order valence-corrected chi connectivity index (χ4v) is 4.25. The molecule has 0 amide bonds. The van der Waals surface area contributed by atoms with Gasteiger partial charge in [-0.1, -0.05) is 17.7 Å². The van der Waals surface area contributed by atoms with Gasteiger partial charge in [-0.25, -0.2) is 0 Å². The van der Waals surface area contributed by atoms with Crippen molar-refractivity contribution in [2.45, 2.75) is 25.6 Å². The Morgan fingerprint density at radius 1 is 1.25 bits per heavy atom. The molecule has 3 aliphatic heterocycles. The lowest BCUT2D eigenvalue weighted by atomic mass is 9.94. The van der Waals surface area contributed by atoms with Gasteiger partial charge in [-0.05, 0) is 44.0 Å². The SMILES string of the molecule is CN=C1C=C(C)NC(N)(c2cc3c(c(C4=CCNCCC4)c2Cl)OCCO3)N1. The molecule has 0 aliphatic carbocycles. The number of rotatable bonds is 2. The maximum absolute atomic E-state index is 6.98. The van der Waals surface area contributed by atoms with E-state index in [1.807, 2.05) is 19.1 Å². The Morgan fingerprint density at radius 2 is 2.07 bits per heavy atom. The number of hydrogen-bond donors (Lipinski definition) is 4. The van der Waals surface area contributed by atoms with Gasteiger partial charge >= 0.3 is 0 Å². The highest BCUT2D eigenvalue weighted by molar-refractivity contribution is 6.33. The second-order valence-electron chi connectivity index (χ2n) is 7.17. The molecular weight excluding hydrogens is 378 g/mol. The number of ether oxygens (including phenoxy) is 2. The Bertz CT molecular complexity index is 880. The molecule has 8 heteroatoms. The van der Waals surface area contributed by atoms with Gasteiger partial charge in [-0.3, -0.25) is 10.7 Å². The third-order valence-electron chi connectivity index (χ3n) is 5.12. The molecule has 0 bridgehead atoms. The molecule has 28 heavy (non-hydrogen) atoms. The van der Waals surface area contributed by atoms with Gasteiger partial charge < -0.3 is 25.4 Å². The number of hydrogen-bond acceptors (Lipinski definition) is 6. The summed E-state index contributed by atoms with van der Waals surface area (Å²) in [6, 6.07) is 1.86. The quantitative estimate of drug-likeness (QED) is 0.604. The fourth-order valence-electron chi connectivity index (χ4n) is 3.84. The van der Waals surface area contributed by atoms with Crippen LogP contribution in [0.25, 0.3) is 5.57 Å². The largest absolute Gasteiger partial charge is 0.486 e. The molecule has 150 valence electrons. The smallest absolute Gasteiger partial charge is 0.191 e. The van der Waals surface area contributed by atoms with Crippen LogP contribution in [-0.4, -0.2) is 39.2 Å². The zero-order valence-corrected chi connectivity index (χ0v) is 16.9. The van der Waals surface area contributed by atoms with Crippen molar-refractivity contribution in [3.05, 3.63) is 40.1 Å². The molecule has 0 saturated carbocycles. The first kappa shape index (κ1) is 19.1. The van der Waals surface area contributed by atoms with E-state index in [-0.39, 0.29) is 0 Å². The maximum Gasteiger partial charge on any atom is 0.191 e. The number of nitrogens with two attached hydrogens (primary N) is 1. The molecule has 0 saturated heterocycles. The first-order chi connectivity index (χ1) is 13.5. The van der Waals surface area contributed by atoms with Gasteiger partial charge in [-0.2, -0.15) is 0 Å². The van der Waals surface area contributed by atoms with Crippen LogP contribution >= 0.6 is 11.6 Å². The summed E-state index contributed by atoms with van der Waals surface area (Å²) in [6.07, 6.45) is 6.01. The number of allylic oxidation sites excluding steroid dienone is 2. The number of nitrogens with zero attached hydrogens (tertiary/aromatic N) is 1. The lowest BCUT2D eigenvalue weighted by Crippen LogP contribution is -2.64. The number of nitrogens with one attached hydrogen (secondary N) is 3. The van der Waals surface area contributed by atoms with Crippen molar-refractivity contribution in [3.63, 3.8) is 0 Å². The summed E-state index contributed by atoms with van der Waals surface area (Å²) >= 11 is 6.98. The zero-order valence-electron chi connectivity index (χ0n) is 16.2. The minimum atomic E-state index is -1.11. The van der Waals surface area contributed by atoms with Gasteiger partial charge in [0.15, 0.2) is 17.3 Å². The molecular formula is C20H26ClN5O2. The molecule has 3 heterocycles. The highest BCUT2D eigenvalue weighted by atomic mass is 35.5. The van der Waals surface area contributed by atoms with E-state index in [2.05, 4.69) is 27.0 Å². The molecule has 0 radical (unpaired) electrons. The predicted molar refractivity (Wildman–Crippen MR) is 112 cm³/mol. The van der Waals surface area contributed by atoms with Crippen LogP contribution in [0, 0.1) is 0 Å². The summed E-state index contributed by atoms with van der Waals surface area (Å²) in [5.74, 6) is 0.932. The van der Waals surface area contributed by atoms with E-state index in [0.29, 0.717) is 41.1 Å². The van der Waals surface area contributed by atoms with Gasteiger partial charge in [0.05, 0.1) is 5.02 Å². The van der Waals surface area contributed by atoms with E-state index in [4.69, 9.17) is 26.8 Å². The van der Waals surface area contributed by atoms with Gasteiger partial charge in [0, 0.05) is 30.4 Å². The molecule has 4 rings (SSSR count). The van der Waals surface area contributed by atoms with E-state index in [1.165, 1.54) is 0 Å². The van der Waals surface area contributed by atoms with Gasteiger partial charge in [0.1, 0.15) is 19.0 Å². The lowest BCUT2D eigenvalue weighted by Gasteiger charge is -2.39. The number of fused-ring (bicyclic) bond motifs is 1. The summed E-state index contributed by atoms with van der Waals surface area (Å²) in [5, 5.41) is 10.5. The standard InChI is InChI=1S/C20H26ClN5O2/c1-12-10-16(23-2)26-20(22,25-12)14-11-15-19(28-9-8-27-15)17(18(14)21)13-4-3-6-24-7-5-13/h5,10-11,24-25H,3-4,6-9,22H2,1-2H3,(H,23,26). The topological polar surface area (TPSA) is 92.9 Å². The van der Waals surface area contributed by atoms with E-state index in [1.54, 1.807) is 7.05 Å². The fraction of sp³-hybridized carbons (Fsp3) is 0.450. The number of benzene rings is 1. The number of halogens is 1. The van der Waals surface area contributed by atoms with E-state index < -0.39 is 5.79 Å². The van der Waals surface area contributed by atoms with Crippen LogP contribution in [0.4, 0.5) is 0 Å². The third-order valence-corrected chi connectivity index (χ3v) is 5.51. The molecule has 7 nitrogen and oxygen atoms in total. The molecule has 5 N–H and O–H groups in total. The van der Waals surface area contributed by atoms with Crippen LogP contribution in [0.5, 0.6) is 11.5 Å². The number of aliphatic imine (C=N–C) groups is 1. The minimum Gasteiger partial charge on any atom is -0.486 e. The number of amidine groups is 1. The van der Waals surface area contributed by atoms with Crippen molar-refractivity contribution < 1.29 is 9.47 Å². The molecule has 0 fully saturated rings. The second-order valence-corrected chi connectivity index (χ2v) is 7.55. The molecule has 1 aromatic carbocycles. The van der Waals surface area contributed by atoms with Crippen LogP contribution < -0.4 is 31.2 Å². The summed E-state index contributed by atoms with van der Waals surface area (Å²) in [5.41, 5.74) is 10.4. The molecule has 1 unspecified atom stereocenters. The summed E-state index contributed by atoms with van der Waals surface area (Å²) in [4.78, 5) is 4.25. The Morgan fingerprint density at radius 3 is 2.89 bits per heavy atom. The summed E-state index contributed by atoms with van der Waals surface area (Å²) < 4.78 is 11.9. The van der Waals surface area contributed by atoms with Gasteiger partial charge in [-0.15, -0.1) is 0 Å².